The number of nitrogens with two attached hydrogens (primary N) is 1. The Hall–Kier alpha value is -1.60. The van der Waals surface area contributed by atoms with E-state index in [2.05, 4.69) is 61.5 Å². The Morgan fingerprint density at radius 2 is 1.47 bits per heavy atom. The van der Waals surface area contributed by atoms with E-state index < -0.39 is 0 Å². The molecule has 2 N–H and O–H groups in total. The van der Waals surface area contributed by atoms with Crippen molar-refractivity contribution in [2.24, 2.45) is 5.73 Å². The lowest BCUT2D eigenvalue weighted by Crippen LogP contribution is -2.00. The molecule has 0 bridgehead atoms. The van der Waals surface area contributed by atoms with Crippen LogP contribution in [0.25, 0.3) is 11.1 Å². The molecule has 2 aromatic carbocycles. The summed E-state index contributed by atoms with van der Waals surface area (Å²) in [5.41, 5.74) is 9.54. The van der Waals surface area contributed by atoms with Crippen LogP contribution in [0, 0.1) is 0 Å². The highest BCUT2D eigenvalue weighted by Gasteiger charge is 2.05. The van der Waals surface area contributed by atoms with Crippen LogP contribution in [0.1, 0.15) is 37.7 Å². The van der Waals surface area contributed by atoms with E-state index in [1.165, 1.54) is 29.5 Å². The van der Waals surface area contributed by atoms with Gasteiger partial charge in [-0.2, -0.15) is 0 Å². The molecule has 1 heteroatoms. The van der Waals surface area contributed by atoms with Gasteiger partial charge in [0.05, 0.1) is 0 Å². The highest BCUT2D eigenvalue weighted by atomic mass is 14.5. The van der Waals surface area contributed by atoms with Crippen LogP contribution in [-0.2, 0) is 0 Å². The van der Waals surface area contributed by atoms with Crippen molar-refractivity contribution >= 4 is 0 Å². The Labute approximate surface area is 116 Å². The lowest BCUT2D eigenvalue weighted by Gasteiger charge is -2.12. The van der Waals surface area contributed by atoms with E-state index in [1.807, 2.05) is 0 Å². The largest absolute Gasteiger partial charge is 0.330 e. The second-order valence-electron chi connectivity index (χ2n) is 5.17. The third-order valence-electron chi connectivity index (χ3n) is 3.68. The molecule has 0 spiro atoms. The summed E-state index contributed by atoms with van der Waals surface area (Å²) in [6.07, 6.45) is 3.58. The molecule has 19 heavy (non-hydrogen) atoms. The Morgan fingerprint density at radius 1 is 0.842 bits per heavy atom. The summed E-state index contributed by atoms with van der Waals surface area (Å²) < 4.78 is 0. The minimum absolute atomic E-state index is 0.622. The normalized spacial score (nSPS) is 12.3. The smallest absolute Gasteiger partial charge is 0.00773 e. The van der Waals surface area contributed by atoms with E-state index in [4.69, 9.17) is 5.73 Å². The van der Waals surface area contributed by atoms with Crippen molar-refractivity contribution in [2.45, 2.75) is 32.1 Å². The van der Waals surface area contributed by atoms with Crippen LogP contribution in [0.15, 0.2) is 54.6 Å². The van der Waals surface area contributed by atoms with Gasteiger partial charge in [0, 0.05) is 0 Å². The molecule has 2 rings (SSSR count). The van der Waals surface area contributed by atoms with E-state index in [-0.39, 0.29) is 0 Å². The molecule has 1 atom stereocenters. The first-order valence-corrected chi connectivity index (χ1v) is 7.16. The van der Waals surface area contributed by atoms with Crippen molar-refractivity contribution < 1.29 is 0 Å². The van der Waals surface area contributed by atoms with Crippen molar-refractivity contribution in [3.63, 3.8) is 0 Å². The second-order valence-corrected chi connectivity index (χ2v) is 5.17. The van der Waals surface area contributed by atoms with Crippen molar-refractivity contribution in [3.05, 3.63) is 60.2 Å². The molecule has 0 saturated heterocycles. The van der Waals surface area contributed by atoms with Gasteiger partial charge in [-0.25, -0.2) is 0 Å². The van der Waals surface area contributed by atoms with Gasteiger partial charge in [-0.15, -0.1) is 0 Å². The first-order chi connectivity index (χ1) is 9.31. The minimum Gasteiger partial charge on any atom is -0.330 e. The van der Waals surface area contributed by atoms with E-state index in [0.29, 0.717) is 5.92 Å². The fourth-order valence-electron chi connectivity index (χ4n) is 2.40. The third-order valence-corrected chi connectivity index (χ3v) is 3.68. The number of hydrogen-bond acceptors (Lipinski definition) is 1. The Morgan fingerprint density at radius 3 is 2.11 bits per heavy atom. The number of benzene rings is 2. The maximum absolute atomic E-state index is 5.54. The van der Waals surface area contributed by atoms with Crippen molar-refractivity contribution in [2.75, 3.05) is 6.54 Å². The van der Waals surface area contributed by atoms with Gasteiger partial charge in [0.15, 0.2) is 0 Å². The molecule has 0 amide bonds. The van der Waals surface area contributed by atoms with E-state index in [9.17, 15) is 0 Å². The molecular weight excluding hydrogens is 230 g/mol. The quantitative estimate of drug-likeness (QED) is 0.749. The summed E-state index contributed by atoms with van der Waals surface area (Å²) >= 11 is 0. The standard InChI is InChI=1S/C18H23N/c1-15(7-5-6-14-19)16-10-12-18(13-11-16)17-8-3-2-4-9-17/h2-4,8-13,15H,5-7,14,19H2,1H3. The second kappa shape index (κ2) is 7.10. The van der Waals surface area contributed by atoms with Gasteiger partial charge in [0.2, 0.25) is 0 Å². The molecule has 0 aliphatic carbocycles. The molecule has 1 nitrogen and oxygen atoms in total. The monoisotopic (exact) mass is 253 g/mol. The van der Waals surface area contributed by atoms with Crippen LogP contribution in [0.3, 0.4) is 0 Å². The summed E-state index contributed by atoms with van der Waals surface area (Å²) in [7, 11) is 0. The third kappa shape index (κ3) is 3.93. The van der Waals surface area contributed by atoms with Crippen LogP contribution in [0.2, 0.25) is 0 Å². The Kier molecular flexibility index (Phi) is 5.17. The lowest BCUT2D eigenvalue weighted by molar-refractivity contribution is 0.609. The number of rotatable bonds is 6. The number of unbranched alkanes of at least 4 members (excludes halogenated alkanes) is 1. The van der Waals surface area contributed by atoms with Crippen LogP contribution in [0.5, 0.6) is 0 Å². The minimum atomic E-state index is 0.622. The van der Waals surface area contributed by atoms with Crippen molar-refractivity contribution in [1.82, 2.24) is 0 Å². The first-order valence-electron chi connectivity index (χ1n) is 7.16. The van der Waals surface area contributed by atoms with Crippen LogP contribution in [-0.4, -0.2) is 6.54 Å². The van der Waals surface area contributed by atoms with Crippen LogP contribution >= 0.6 is 0 Å². The molecule has 0 heterocycles. The molecule has 0 saturated carbocycles. The summed E-state index contributed by atoms with van der Waals surface area (Å²) in [5.74, 6) is 0.622. The summed E-state index contributed by atoms with van der Waals surface area (Å²) in [4.78, 5) is 0. The van der Waals surface area contributed by atoms with Gasteiger partial charge in [-0.05, 0) is 42.0 Å². The molecular formula is C18H23N. The fourth-order valence-corrected chi connectivity index (χ4v) is 2.40. The predicted molar refractivity (Wildman–Crippen MR) is 83.2 cm³/mol. The van der Waals surface area contributed by atoms with Gasteiger partial charge in [-0.3, -0.25) is 0 Å². The molecule has 100 valence electrons. The van der Waals surface area contributed by atoms with Gasteiger partial charge in [-0.1, -0.05) is 67.9 Å². The van der Waals surface area contributed by atoms with Gasteiger partial charge in [0.1, 0.15) is 0 Å². The molecule has 1 unspecified atom stereocenters. The maximum atomic E-state index is 5.54. The first kappa shape index (κ1) is 13.8. The highest BCUT2D eigenvalue weighted by molar-refractivity contribution is 5.63. The van der Waals surface area contributed by atoms with Crippen LogP contribution < -0.4 is 5.73 Å². The molecule has 2 aromatic rings. The average molecular weight is 253 g/mol. The molecule has 0 fully saturated rings. The molecule has 0 aromatic heterocycles. The van der Waals surface area contributed by atoms with Crippen molar-refractivity contribution in [3.8, 4) is 11.1 Å². The molecule has 0 aliphatic heterocycles. The average Bonchev–Trinajstić information content (AvgIpc) is 2.48. The maximum Gasteiger partial charge on any atom is -0.00773 e. The van der Waals surface area contributed by atoms with E-state index in [0.717, 1.165) is 13.0 Å². The van der Waals surface area contributed by atoms with E-state index in [1.54, 1.807) is 0 Å². The molecule has 0 radical (unpaired) electrons. The zero-order valence-corrected chi connectivity index (χ0v) is 11.7. The Balaban J connectivity index is 2.02. The van der Waals surface area contributed by atoms with E-state index >= 15 is 0 Å². The van der Waals surface area contributed by atoms with Gasteiger partial charge < -0.3 is 5.73 Å². The SMILES string of the molecule is CC(CCCCN)c1ccc(-c2ccccc2)cc1. The van der Waals surface area contributed by atoms with Crippen molar-refractivity contribution in [1.29, 1.82) is 0 Å². The predicted octanol–water partition coefficient (Wildman–Crippen LogP) is 4.59. The zero-order chi connectivity index (χ0) is 13.5. The summed E-state index contributed by atoms with van der Waals surface area (Å²) in [6.45, 7) is 3.10. The lowest BCUT2D eigenvalue weighted by atomic mass is 9.93. The van der Waals surface area contributed by atoms with Gasteiger partial charge in [0.25, 0.3) is 0 Å². The highest BCUT2D eigenvalue weighted by Crippen LogP contribution is 2.25. The zero-order valence-electron chi connectivity index (χ0n) is 11.7. The topological polar surface area (TPSA) is 26.0 Å². The summed E-state index contributed by atoms with van der Waals surface area (Å²) in [6, 6.07) is 19.5. The molecule has 0 aliphatic rings. The fraction of sp³-hybridized carbons (Fsp3) is 0.333. The Bertz CT molecular complexity index is 473. The van der Waals surface area contributed by atoms with Gasteiger partial charge >= 0.3 is 0 Å². The van der Waals surface area contributed by atoms with Crippen LogP contribution in [0.4, 0.5) is 0 Å². The number of hydrogen-bond donors (Lipinski definition) is 1. The summed E-state index contributed by atoms with van der Waals surface area (Å²) in [5, 5.41) is 0.